The molecule has 0 spiro atoms. The number of esters is 1. The number of unbranched alkanes of at least 4 members (excludes halogenated alkanes) is 10. The van der Waals surface area contributed by atoms with Gasteiger partial charge in [0.25, 0.3) is 0 Å². The fourth-order valence-corrected chi connectivity index (χ4v) is 5.81. The lowest BCUT2D eigenvalue weighted by atomic mass is 9.69. The number of hydrogen-bond donors (Lipinski definition) is 0. The van der Waals surface area contributed by atoms with E-state index in [4.69, 9.17) is 4.74 Å². The Hall–Kier alpha value is -2.67. The van der Waals surface area contributed by atoms with Crippen LogP contribution in [0.15, 0.2) is 42.6 Å². The zero-order valence-corrected chi connectivity index (χ0v) is 24.6. The molecular weight excluding hydrogens is 480 g/mol. The molecule has 1 aromatic heterocycles. The van der Waals surface area contributed by atoms with Crippen LogP contribution in [0.5, 0.6) is 5.75 Å². The molecule has 3 rings (SSSR count). The molecule has 4 nitrogen and oxygen atoms in total. The Bertz CT molecular complexity index is 998. The molecule has 212 valence electrons. The number of rotatable bonds is 17. The lowest BCUT2D eigenvalue weighted by molar-refractivity contribution is -0.140. The van der Waals surface area contributed by atoms with Crippen molar-refractivity contribution in [1.29, 1.82) is 5.26 Å². The van der Waals surface area contributed by atoms with Gasteiger partial charge in [-0.3, -0.25) is 9.78 Å². The van der Waals surface area contributed by atoms with E-state index in [1.54, 1.807) is 0 Å². The van der Waals surface area contributed by atoms with Crippen molar-refractivity contribution >= 4 is 5.97 Å². The van der Waals surface area contributed by atoms with Gasteiger partial charge < -0.3 is 4.74 Å². The number of aromatic nitrogens is 1. The van der Waals surface area contributed by atoms with Crippen LogP contribution in [0, 0.1) is 22.7 Å². The molecule has 2 aromatic rings. The molecule has 1 fully saturated rings. The molecule has 0 aliphatic heterocycles. The Balaban J connectivity index is 1.40. The van der Waals surface area contributed by atoms with E-state index in [0.717, 1.165) is 56.2 Å². The minimum Gasteiger partial charge on any atom is -0.426 e. The predicted octanol–water partition coefficient (Wildman–Crippen LogP) is 10.0. The Kier molecular flexibility index (Phi) is 13.5. The van der Waals surface area contributed by atoms with Crippen LogP contribution in [-0.2, 0) is 11.2 Å². The highest BCUT2D eigenvalue weighted by molar-refractivity contribution is 5.75. The van der Waals surface area contributed by atoms with Gasteiger partial charge in [0.05, 0.1) is 23.1 Å². The number of nitrogens with zero attached hydrogens (tertiary/aromatic N) is 2. The Morgan fingerprint density at radius 1 is 0.872 bits per heavy atom. The summed E-state index contributed by atoms with van der Waals surface area (Å²) in [5, 5.41) is 9.90. The van der Waals surface area contributed by atoms with Crippen molar-refractivity contribution in [3.63, 3.8) is 0 Å². The molecule has 1 aliphatic carbocycles. The van der Waals surface area contributed by atoms with Crippen LogP contribution in [-0.4, -0.2) is 11.0 Å². The van der Waals surface area contributed by atoms with E-state index in [1.165, 1.54) is 76.2 Å². The zero-order valence-electron chi connectivity index (χ0n) is 24.6. The third-order valence-electron chi connectivity index (χ3n) is 8.53. The molecule has 0 radical (unpaired) electrons. The van der Waals surface area contributed by atoms with Gasteiger partial charge in [0.15, 0.2) is 0 Å². The summed E-state index contributed by atoms with van der Waals surface area (Å²) in [5.41, 5.74) is 2.99. The van der Waals surface area contributed by atoms with Gasteiger partial charge >= 0.3 is 5.97 Å². The lowest BCUT2D eigenvalue weighted by Gasteiger charge is -2.34. The third kappa shape index (κ3) is 10.4. The van der Waals surface area contributed by atoms with Crippen LogP contribution < -0.4 is 4.74 Å². The Morgan fingerprint density at radius 3 is 2.08 bits per heavy atom. The summed E-state index contributed by atoms with van der Waals surface area (Å²) < 4.78 is 5.74. The summed E-state index contributed by atoms with van der Waals surface area (Å²) in [7, 11) is 0. The topological polar surface area (TPSA) is 63.0 Å². The van der Waals surface area contributed by atoms with Crippen LogP contribution in [0.4, 0.5) is 0 Å². The second-order valence-corrected chi connectivity index (χ2v) is 11.7. The molecule has 0 amide bonds. The minimum absolute atomic E-state index is 0.114. The number of ether oxygens (including phenoxy) is 1. The Labute approximate surface area is 237 Å². The van der Waals surface area contributed by atoms with Gasteiger partial charge in [0.2, 0.25) is 0 Å². The average molecular weight is 531 g/mol. The van der Waals surface area contributed by atoms with Crippen molar-refractivity contribution < 1.29 is 9.53 Å². The molecule has 1 saturated carbocycles. The molecule has 4 heteroatoms. The van der Waals surface area contributed by atoms with Crippen molar-refractivity contribution in [2.75, 3.05) is 0 Å². The van der Waals surface area contributed by atoms with Gasteiger partial charge in [-0.15, -0.1) is 0 Å². The zero-order chi connectivity index (χ0) is 27.8. The second kappa shape index (κ2) is 17.1. The number of nitriles is 1. The smallest absolute Gasteiger partial charge is 0.314 e. The molecule has 39 heavy (non-hydrogen) atoms. The van der Waals surface area contributed by atoms with Crippen molar-refractivity contribution in [3.05, 3.63) is 48.2 Å². The highest BCUT2D eigenvalue weighted by Crippen LogP contribution is 2.43. The molecule has 0 N–H and O–H groups in total. The van der Waals surface area contributed by atoms with Crippen molar-refractivity contribution in [2.24, 2.45) is 11.3 Å². The summed E-state index contributed by atoms with van der Waals surface area (Å²) in [6, 6.07) is 14.5. The van der Waals surface area contributed by atoms with Gasteiger partial charge in [0, 0.05) is 11.8 Å². The number of carbonyl (C=O) groups excluding carboxylic acids is 1. The normalized spacial score (nSPS) is 18.9. The third-order valence-corrected chi connectivity index (χ3v) is 8.53. The van der Waals surface area contributed by atoms with Crippen molar-refractivity contribution in [3.8, 4) is 23.1 Å². The van der Waals surface area contributed by atoms with Gasteiger partial charge in [-0.1, -0.05) is 90.5 Å². The van der Waals surface area contributed by atoms with Gasteiger partial charge in [-0.2, -0.15) is 5.26 Å². The van der Waals surface area contributed by atoms with E-state index >= 15 is 0 Å². The number of carbonyl (C=O) groups is 1. The molecule has 0 bridgehead atoms. The highest BCUT2D eigenvalue weighted by atomic mass is 16.5. The SMILES string of the molecule is CCCCCCCCCC1(C#N)CCC(C(=O)Oc2ccc(-c3ccc(CCCCCCC)cn3)cc2)CC1. The monoisotopic (exact) mass is 530 g/mol. The van der Waals surface area contributed by atoms with Crippen molar-refractivity contribution in [1.82, 2.24) is 4.98 Å². The summed E-state index contributed by atoms with van der Waals surface area (Å²) >= 11 is 0. The van der Waals surface area contributed by atoms with Crippen molar-refractivity contribution in [2.45, 2.75) is 129 Å². The van der Waals surface area contributed by atoms with E-state index in [0.29, 0.717) is 5.75 Å². The van der Waals surface area contributed by atoms with Crippen LogP contribution in [0.1, 0.15) is 129 Å². The van der Waals surface area contributed by atoms with Crippen LogP contribution in [0.2, 0.25) is 0 Å². The second-order valence-electron chi connectivity index (χ2n) is 11.7. The maximum Gasteiger partial charge on any atom is 0.314 e. The highest BCUT2D eigenvalue weighted by Gasteiger charge is 2.38. The summed E-state index contributed by atoms with van der Waals surface area (Å²) in [4.78, 5) is 17.5. The van der Waals surface area contributed by atoms with E-state index < -0.39 is 0 Å². The lowest BCUT2D eigenvalue weighted by Crippen LogP contribution is -2.31. The molecule has 0 saturated heterocycles. The number of aryl methyl sites for hydroxylation is 1. The van der Waals surface area contributed by atoms with Gasteiger partial charge in [-0.25, -0.2) is 0 Å². The number of hydrogen-bond acceptors (Lipinski definition) is 4. The predicted molar refractivity (Wildman–Crippen MR) is 160 cm³/mol. The fraction of sp³-hybridized carbons (Fsp3) is 0.629. The molecule has 1 aliphatic rings. The first-order valence-corrected chi connectivity index (χ1v) is 15.8. The first-order chi connectivity index (χ1) is 19.1. The molecule has 1 aromatic carbocycles. The van der Waals surface area contributed by atoms with Crippen LogP contribution >= 0.6 is 0 Å². The summed E-state index contributed by atoms with van der Waals surface area (Å²) in [5.74, 6) is 0.302. The molecule has 1 heterocycles. The first-order valence-electron chi connectivity index (χ1n) is 15.8. The standard InChI is InChI=1S/C35H50N2O2/c1-3-5-7-9-10-12-14-24-35(28-36)25-22-31(23-26-35)34(38)39-32-19-17-30(18-20-32)33-21-16-29(27-37-33)15-13-11-8-6-4-2/h16-21,27,31H,3-15,22-26H2,1-2H3. The maximum absolute atomic E-state index is 12.9. The minimum atomic E-state index is -0.251. The first kappa shape index (κ1) is 30.9. The maximum atomic E-state index is 12.9. The van der Waals surface area contributed by atoms with Gasteiger partial charge in [-0.05, 0) is 80.8 Å². The average Bonchev–Trinajstić information content (AvgIpc) is 2.97. The van der Waals surface area contributed by atoms with Crippen LogP contribution in [0.25, 0.3) is 11.3 Å². The largest absolute Gasteiger partial charge is 0.426 e. The fourth-order valence-electron chi connectivity index (χ4n) is 5.81. The van der Waals surface area contributed by atoms with E-state index in [9.17, 15) is 10.1 Å². The molecule has 0 unspecified atom stereocenters. The quantitative estimate of drug-likeness (QED) is 0.116. The van der Waals surface area contributed by atoms with Gasteiger partial charge in [0.1, 0.15) is 5.75 Å². The van der Waals surface area contributed by atoms with E-state index in [2.05, 4.69) is 37.0 Å². The van der Waals surface area contributed by atoms with E-state index in [1.807, 2.05) is 30.5 Å². The number of benzene rings is 1. The van der Waals surface area contributed by atoms with E-state index in [-0.39, 0.29) is 17.3 Å². The molecular formula is C35H50N2O2. The Morgan fingerprint density at radius 2 is 1.49 bits per heavy atom. The number of pyridine rings is 1. The van der Waals surface area contributed by atoms with Crippen LogP contribution in [0.3, 0.4) is 0 Å². The summed E-state index contributed by atoms with van der Waals surface area (Å²) in [6.07, 6.45) is 22.4. The molecule has 0 atom stereocenters. The summed E-state index contributed by atoms with van der Waals surface area (Å²) in [6.45, 7) is 4.49.